The normalized spacial score (nSPS) is 16.9. The Morgan fingerprint density at radius 2 is 2.24 bits per heavy atom. The fourth-order valence-electron chi connectivity index (χ4n) is 2.06. The van der Waals surface area contributed by atoms with Crippen molar-refractivity contribution in [2.75, 3.05) is 31.9 Å². The largest absolute Gasteiger partial charge is 0.382 e. The summed E-state index contributed by atoms with van der Waals surface area (Å²) in [6.45, 7) is 3.87. The predicted octanol–water partition coefficient (Wildman–Crippen LogP) is 0.208. The Morgan fingerprint density at radius 1 is 1.47 bits per heavy atom. The Balaban J connectivity index is 1.69. The Hall–Kier alpha value is -1.56. The van der Waals surface area contributed by atoms with Crippen molar-refractivity contribution in [3.05, 3.63) is 11.8 Å². The lowest BCUT2D eigenvalue weighted by Crippen LogP contribution is -2.37. The molecule has 0 saturated carbocycles. The molecule has 1 aliphatic rings. The highest BCUT2D eigenvalue weighted by molar-refractivity contribution is 5.92. The van der Waals surface area contributed by atoms with Crippen molar-refractivity contribution >= 4 is 11.7 Å². The standard InChI is InChI=1S/C11H19N5O/c12-10-8-9(14-15-10)11(17)13-4-7-16-5-2-1-3-6-16/h8H,1-7H2,(H,13,17)(H3,12,14,15). The zero-order valence-corrected chi connectivity index (χ0v) is 9.91. The number of aromatic amines is 1. The number of amides is 1. The minimum atomic E-state index is -0.147. The molecule has 0 unspecified atom stereocenters. The van der Waals surface area contributed by atoms with Crippen molar-refractivity contribution in [2.45, 2.75) is 19.3 Å². The Labute approximate surface area is 101 Å². The lowest BCUT2D eigenvalue weighted by Gasteiger charge is -2.26. The molecule has 1 aliphatic heterocycles. The van der Waals surface area contributed by atoms with Crippen LogP contribution in [-0.4, -0.2) is 47.2 Å². The first-order chi connectivity index (χ1) is 8.25. The number of nitrogens with zero attached hydrogens (tertiary/aromatic N) is 2. The zero-order chi connectivity index (χ0) is 12.1. The number of H-pyrrole nitrogens is 1. The van der Waals surface area contributed by atoms with Crippen LogP contribution in [0, 0.1) is 0 Å². The first-order valence-electron chi connectivity index (χ1n) is 6.07. The van der Waals surface area contributed by atoms with E-state index in [2.05, 4.69) is 20.4 Å². The lowest BCUT2D eigenvalue weighted by molar-refractivity contribution is 0.0941. The molecule has 1 saturated heterocycles. The van der Waals surface area contributed by atoms with Gasteiger partial charge in [0.15, 0.2) is 0 Å². The third-order valence-electron chi connectivity index (χ3n) is 3.00. The number of hydrogen-bond acceptors (Lipinski definition) is 4. The van der Waals surface area contributed by atoms with Crippen molar-refractivity contribution in [1.29, 1.82) is 0 Å². The molecule has 0 atom stereocenters. The van der Waals surface area contributed by atoms with Gasteiger partial charge in [-0.25, -0.2) is 0 Å². The highest BCUT2D eigenvalue weighted by Crippen LogP contribution is 2.07. The van der Waals surface area contributed by atoms with E-state index in [0.717, 1.165) is 19.6 Å². The maximum absolute atomic E-state index is 11.6. The van der Waals surface area contributed by atoms with E-state index >= 15 is 0 Å². The van der Waals surface area contributed by atoms with E-state index in [1.807, 2.05) is 0 Å². The van der Waals surface area contributed by atoms with Crippen LogP contribution < -0.4 is 11.1 Å². The highest BCUT2D eigenvalue weighted by Gasteiger charge is 2.11. The van der Waals surface area contributed by atoms with Crippen LogP contribution in [0.1, 0.15) is 29.8 Å². The molecule has 4 N–H and O–H groups in total. The number of anilines is 1. The van der Waals surface area contributed by atoms with Gasteiger partial charge in [0, 0.05) is 19.2 Å². The van der Waals surface area contributed by atoms with E-state index in [1.165, 1.54) is 25.3 Å². The fraction of sp³-hybridized carbons (Fsp3) is 0.636. The van der Waals surface area contributed by atoms with Crippen molar-refractivity contribution in [3.8, 4) is 0 Å². The van der Waals surface area contributed by atoms with Crippen LogP contribution in [-0.2, 0) is 0 Å². The Kier molecular flexibility index (Phi) is 3.98. The number of carbonyl (C=O) groups is 1. The zero-order valence-electron chi connectivity index (χ0n) is 9.91. The number of aromatic nitrogens is 2. The molecule has 0 bridgehead atoms. The first-order valence-corrected chi connectivity index (χ1v) is 6.07. The molecule has 94 valence electrons. The average molecular weight is 237 g/mol. The van der Waals surface area contributed by atoms with E-state index in [9.17, 15) is 4.79 Å². The second-order valence-electron chi connectivity index (χ2n) is 4.36. The monoisotopic (exact) mass is 237 g/mol. The van der Waals surface area contributed by atoms with Gasteiger partial charge in [0.1, 0.15) is 11.5 Å². The third-order valence-corrected chi connectivity index (χ3v) is 3.00. The Morgan fingerprint density at radius 3 is 2.88 bits per heavy atom. The van der Waals surface area contributed by atoms with Crippen molar-refractivity contribution in [1.82, 2.24) is 20.4 Å². The maximum atomic E-state index is 11.6. The van der Waals surface area contributed by atoms with E-state index < -0.39 is 0 Å². The summed E-state index contributed by atoms with van der Waals surface area (Å²) >= 11 is 0. The highest BCUT2D eigenvalue weighted by atomic mass is 16.1. The summed E-state index contributed by atoms with van der Waals surface area (Å²) in [4.78, 5) is 14.0. The molecule has 0 spiro atoms. The minimum Gasteiger partial charge on any atom is -0.382 e. The summed E-state index contributed by atoms with van der Waals surface area (Å²) in [7, 11) is 0. The van der Waals surface area contributed by atoms with Crippen LogP contribution in [0.3, 0.4) is 0 Å². The molecule has 0 radical (unpaired) electrons. The van der Waals surface area contributed by atoms with E-state index in [0.29, 0.717) is 18.1 Å². The molecule has 1 aromatic rings. The number of nitrogen functional groups attached to an aromatic ring is 1. The van der Waals surface area contributed by atoms with Gasteiger partial charge >= 0.3 is 0 Å². The number of hydrogen-bond donors (Lipinski definition) is 3. The van der Waals surface area contributed by atoms with Crippen LogP contribution in [0.15, 0.2) is 6.07 Å². The van der Waals surface area contributed by atoms with Crippen LogP contribution >= 0.6 is 0 Å². The number of nitrogens with one attached hydrogen (secondary N) is 2. The molecule has 1 aromatic heterocycles. The topological polar surface area (TPSA) is 87.0 Å². The molecular weight excluding hydrogens is 218 g/mol. The third kappa shape index (κ3) is 3.45. The van der Waals surface area contributed by atoms with Crippen molar-refractivity contribution in [2.24, 2.45) is 0 Å². The summed E-state index contributed by atoms with van der Waals surface area (Å²) in [5.74, 6) is 0.192. The molecule has 17 heavy (non-hydrogen) atoms. The summed E-state index contributed by atoms with van der Waals surface area (Å²) < 4.78 is 0. The minimum absolute atomic E-state index is 0.147. The molecule has 1 fully saturated rings. The SMILES string of the molecule is Nc1cc(C(=O)NCCN2CCCCC2)[nH]n1. The van der Waals surface area contributed by atoms with Gasteiger partial charge in [-0.05, 0) is 25.9 Å². The van der Waals surface area contributed by atoms with Gasteiger partial charge in [0.25, 0.3) is 5.91 Å². The molecular formula is C11H19N5O. The lowest BCUT2D eigenvalue weighted by atomic mass is 10.1. The molecule has 2 heterocycles. The quantitative estimate of drug-likeness (QED) is 0.698. The molecule has 6 nitrogen and oxygen atoms in total. The predicted molar refractivity (Wildman–Crippen MR) is 65.6 cm³/mol. The van der Waals surface area contributed by atoms with Crippen LogP contribution in [0.2, 0.25) is 0 Å². The van der Waals surface area contributed by atoms with Gasteiger partial charge in [-0.1, -0.05) is 6.42 Å². The van der Waals surface area contributed by atoms with Crippen molar-refractivity contribution in [3.63, 3.8) is 0 Å². The number of carbonyl (C=O) groups excluding carboxylic acids is 1. The summed E-state index contributed by atoms with van der Waals surface area (Å²) in [5, 5.41) is 9.16. The van der Waals surface area contributed by atoms with Crippen LogP contribution in [0.25, 0.3) is 0 Å². The fourth-order valence-corrected chi connectivity index (χ4v) is 2.06. The smallest absolute Gasteiger partial charge is 0.269 e. The number of piperidine rings is 1. The Bertz CT molecular complexity index is 370. The molecule has 2 rings (SSSR count). The van der Waals surface area contributed by atoms with Crippen molar-refractivity contribution < 1.29 is 4.79 Å². The maximum Gasteiger partial charge on any atom is 0.269 e. The van der Waals surface area contributed by atoms with Gasteiger partial charge in [-0.15, -0.1) is 0 Å². The van der Waals surface area contributed by atoms with Crippen LogP contribution in [0.4, 0.5) is 5.82 Å². The van der Waals surface area contributed by atoms with Gasteiger partial charge in [0.05, 0.1) is 0 Å². The van der Waals surface area contributed by atoms with E-state index in [1.54, 1.807) is 0 Å². The van der Waals surface area contributed by atoms with Crippen LogP contribution in [0.5, 0.6) is 0 Å². The number of rotatable bonds is 4. The number of likely N-dealkylation sites (tertiary alicyclic amines) is 1. The summed E-state index contributed by atoms with van der Waals surface area (Å²) in [5.41, 5.74) is 5.85. The summed E-state index contributed by atoms with van der Waals surface area (Å²) in [6.07, 6.45) is 3.87. The average Bonchev–Trinajstić information content (AvgIpc) is 2.77. The van der Waals surface area contributed by atoms with Gasteiger partial charge in [-0.3, -0.25) is 9.89 Å². The van der Waals surface area contributed by atoms with Gasteiger partial charge < -0.3 is 16.0 Å². The molecule has 0 aromatic carbocycles. The molecule has 6 heteroatoms. The second kappa shape index (κ2) is 5.67. The first kappa shape index (κ1) is 11.9. The number of nitrogens with two attached hydrogens (primary N) is 1. The van der Waals surface area contributed by atoms with E-state index in [-0.39, 0.29) is 5.91 Å². The summed E-state index contributed by atoms with van der Waals surface area (Å²) in [6, 6.07) is 1.54. The second-order valence-corrected chi connectivity index (χ2v) is 4.36. The molecule has 0 aliphatic carbocycles. The van der Waals surface area contributed by atoms with E-state index in [4.69, 9.17) is 5.73 Å². The van der Waals surface area contributed by atoms with Gasteiger partial charge in [-0.2, -0.15) is 5.10 Å². The van der Waals surface area contributed by atoms with Gasteiger partial charge in [0.2, 0.25) is 0 Å². The molecule has 1 amide bonds.